The average Bonchev–Trinajstić information content (AvgIpc) is 2.86. The van der Waals surface area contributed by atoms with Crippen LogP contribution in [0.1, 0.15) is 24.8 Å². The molecule has 1 saturated heterocycles. The predicted octanol–water partition coefficient (Wildman–Crippen LogP) is 0.423. The van der Waals surface area contributed by atoms with Crippen molar-refractivity contribution in [1.29, 1.82) is 0 Å². The highest BCUT2D eigenvalue weighted by Crippen LogP contribution is 2.22. The molecule has 20 heavy (non-hydrogen) atoms. The minimum absolute atomic E-state index is 0.0899. The second kappa shape index (κ2) is 6.52. The number of hydrogen-bond donors (Lipinski definition) is 2. The van der Waals surface area contributed by atoms with E-state index in [0.717, 1.165) is 19.3 Å². The third-order valence-corrected chi connectivity index (χ3v) is 3.71. The van der Waals surface area contributed by atoms with E-state index >= 15 is 0 Å². The third-order valence-electron chi connectivity index (χ3n) is 3.71. The van der Waals surface area contributed by atoms with Crippen molar-refractivity contribution in [3.63, 3.8) is 0 Å². The van der Waals surface area contributed by atoms with Gasteiger partial charge in [0.1, 0.15) is 0 Å². The molecule has 0 saturated carbocycles. The molecule has 5 nitrogen and oxygen atoms in total. The lowest BCUT2D eigenvalue weighted by atomic mass is 10.0. The van der Waals surface area contributed by atoms with Gasteiger partial charge >= 0.3 is 0 Å². The minimum atomic E-state index is -0.816. The Morgan fingerprint density at radius 3 is 2.65 bits per heavy atom. The summed E-state index contributed by atoms with van der Waals surface area (Å²) in [6.07, 6.45) is 2.69. The summed E-state index contributed by atoms with van der Waals surface area (Å²) in [7, 11) is 0. The standard InChI is InChI=1S/C15H21N3O2/c16-13(10-14(17)19)15(20)18-8-4-7-12(18)9-11-5-2-1-3-6-11/h1-3,5-6,12-13H,4,7-10,16H2,(H2,17,19). The third kappa shape index (κ3) is 3.57. The predicted molar refractivity (Wildman–Crippen MR) is 76.7 cm³/mol. The van der Waals surface area contributed by atoms with Crippen LogP contribution in [-0.2, 0) is 16.0 Å². The molecule has 0 radical (unpaired) electrons. The topological polar surface area (TPSA) is 89.4 Å². The van der Waals surface area contributed by atoms with E-state index in [1.165, 1.54) is 5.56 Å². The number of benzene rings is 1. The van der Waals surface area contributed by atoms with Gasteiger partial charge in [-0.05, 0) is 24.8 Å². The van der Waals surface area contributed by atoms with Crippen LogP contribution < -0.4 is 11.5 Å². The first kappa shape index (κ1) is 14.5. The zero-order valence-electron chi connectivity index (χ0n) is 11.5. The molecule has 1 fully saturated rings. The molecular formula is C15H21N3O2. The summed E-state index contributed by atoms with van der Waals surface area (Å²) in [5.41, 5.74) is 12.1. The number of amides is 2. The largest absolute Gasteiger partial charge is 0.370 e. The lowest BCUT2D eigenvalue weighted by Gasteiger charge is -2.27. The average molecular weight is 275 g/mol. The number of likely N-dealkylation sites (tertiary alicyclic amines) is 1. The minimum Gasteiger partial charge on any atom is -0.370 e. The van der Waals surface area contributed by atoms with Gasteiger partial charge < -0.3 is 16.4 Å². The zero-order chi connectivity index (χ0) is 14.5. The molecular weight excluding hydrogens is 254 g/mol. The van der Waals surface area contributed by atoms with E-state index in [2.05, 4.69) is 12.1 Å². The molecule has 1 aromatic rings. The maximum atomic E-state index is 12.3. The van der Waals surface area contributed by atoms with E-state index in [1.807, 2.05) is 18.2 Å². The molecule has 1 heterocycles. The van der Waals surface area contributed by atoms with Gasteiger partial charge in [-0.2, -0.15) is 0 Å². The zero-order valence-corrected chi connectivity index (χ0v) is 11.5. The Kier molecular flexibility index (Phi) is 4.74. The highest BCUT2D eigenvalue weighted by Gasteiger charge is 2.32. The van der Waals surface area contributed by atoms with Gasteiger partial charge in [0.25, 0.3) is 0 Å². The second-order valence-electron chi connectivity index (χ2n) is 5.29. The maximum absolute atomic E-state index is 12.3. The summed E-state index contributed by atoms with van der Waals surface area (Å²) in [6.45, 7) is 0.711. The van der Waals surface area contributed by atoms with Gasteiger partial charge in [0, 0.05) is 12.6 Å². The molecule has 0 aliphatic carbocycles. The smallest absolute Gasteiger partial charge is 0.240 e. The molecule has 0 spiro atoms. The van der Waals surface area contributed by atoms with E-state index < -0.39 is 11.9 Å². The van der Waals surface area contributed by atoms with Crippen molar-refractivity contribution < 1.29 is 9.59 Å². The highest BCUT2D eigenvalue weighted by molar-refractivity contribution is 5.87. The number of nitrogens with two attached hydrogens (primary N) is 2. The lowest BCUT2D eigenvalue weighted by molar-refractivity contribution is -0.135. The molecule has 2 amide bonds. The molecule has 0 bridgehead atoms. The van der Waals surface area contributed by atoms with Gasteiger partial charge in [0.2, 0.25) is 11.8 Å². The molecule has 4 N–H and O–H groups in total. The second-order valence-corrected chi connectivity index (χ2v) is 5.29. The highest BCUT2D eigenvalue weighted by atomic mass is 16.2. The van der Waals surface area contributed by atoms with Gasteiger partial charge in [0.05, 0.1) is 12.5 Å². The SMILES string of the molecule is NC(=O)CC(N)C(=O)N1CCCC1Cc1ccccc1. The molecule has 2 rings (SSSR count). The fourth-order valence-corrected chi connectivity index (χ4v) is 2.74. The summed E-state index contributed by atoms with van der Waals surface area (Å²) < 4.78 is 0. The Hall–Kier alpha value is -1.88. The van der Waals surface area contributed by atoms with Crippen molar-refractivity contribution in [2.75, 3.05) is 6.54 Å². The van der Waals surface area contributed by atoms with Crippen LogP contribution in [0.2, 0.25) is 0 Å². The van der Waals surface area contributed by atoms with E-state index in [4.69, 9.17) is 11.5 Å². The van der Waals surface area contributed by atoms with Crippen LogP contribution in [0.3, 0.4) is 0 Å². The van der Waals surface area contributed by atoms with Gasteiger partial charge in [0.15, 0.2) is 0 Å². The van der Waals surface area contributed by atoms with Crippen molar-refractivity contribution >= 4 is 11.8 Å². The van der Waals surface area contributed by atoms with Crippen molar-refractivity contribution in [3.8, 4) is 0 Å². The quantitative estimate of drug-likeness (QED) is 0.816. The van der Waals surface area contributed by atoms with Crippen molar-refractivity contribution in [3.05, 3.63) is 35.9 Å². The van der Waals surface area contributed by atoms with Crippen LogP contribution in [0.15, 0.2) is 30.3 Å². The molecule has 0 aromatic heterocycles. The first-order valence-electron chi connectivity index (χ1n) is 6.96. The van der Waals surface area contributed by atoms with Gasteiger partial charge in [-0.25, -0.2) is 0 Å². The maximum Gasteiger partial charge on any atom is 0.240 e. The van der Waals surface area contributed by atoms with Crippen LogP contribution >= 0.6 is 0 Å². The molecule has 1 aromatic carbocycles. The molecule has 5 heteroatoms. The first-order chi connectivity index (χ1) is 9.58. The summed E-state index contributed by atoms with van der Waals surface area (Å²) >= 11 is 0. The summed E-state index contributed by atoms with van der Waals surface area (Å²) in [5.74, 6) is -0.702. The van der Waals surface area contributed by atoms with Crippen LogP contribution in [0.5, 0.6) is 0 Å². The monoisotopic (exact) mass is 275 g/mol. The normalized spacial score (nSPS) is 19.9. The van der Waals surface area contributed by atoms with E-state index in [9.17, 15) is 9.59 Å². The Labute approximate surface area is 118 Å². The summed E-state index contributed by atoms with van der Waals surface area (Å²) in [5, 5.41) is 0. The van der Waals surface area contributed by atoms with E-state index in [1.54, 1.807) is 4.90 Å². The lowest BCUT2D eigenvalue weighted by Crippen LogP contribution is -2.48. The number of carbonyl (C=O) groups is 2. The van der Waals surface area contributed by atoms with Gasteiger partial charge in [-0.3, -0.25) is 9.59 Å². The van der Waals surface area contributed by atoms with Crippen molar-refractivity contribution in [2.45, 2.75) is 37.8 Å². The van der Waals surface area contributed by atoms with Crippen molar-refractivity contribution in [1.82, 2.24) is 4.90 Å². The Morgan fingerprint density at radius 2 is 2.00 bits per heavy atom. The molecule has 1 aliphatic rings. The van der Waals surface area contributed by atoms with Crippen LogP contribution in [0, 0.1) is 0 Å². The molecule has 108 valence electrons. The fraction of sp³-hybridized carbons (Fsp3) is 0.467. The number of hydrogen-bond acceptors (Lipinski definition) is 3. The number of carbonyl (C=O) groups excluding carboxylic acids is 2. The van der Waals surface area contributed by atoms with Crippen molar-refractivity contribution in [2.24, 2.45) is 11.5 Å². The Bertz CT molecular complexity index is 475. The van der Waals surface area contributed by atoms with Crippen LogP contribution in [0.4, 0.5) is 0 Å². The van der Waals surface area contributed by atoms with Gasteiger partial charge in [-0.1, -0.05) is 30.3 Å². The van der Waals surface area contributed by atoms with Crippen LogP contribution in [-0.4, -0.2) is 35.3 Å². The van der Waals surface area contributed by atoms with Gasteiger partial charge in [-0.15, -0.1) is 0 Å². The molecule has 2 atom stereocenters. The van der Waals surface area contributed by atoms with E-state index in [-0.39, 0.29) is 18.4 Å². The summed E-state index contributed by atoms with van der Waals surface area (Å²) in [6, 6.07) is 9.44. The molecule has 1 aliphatic heterocycles. The Morgan fingerprint density at radius 1 is 1.30 bits per heavy atom. The van der Waals surface area contributed by atoms with E-state index in [0.29, 0.717) is 6.54 Å². The van der Waals surface area contributed by atoms with Crippen LogP contribution in [0.25, 0.3) is 0 Å². The molecule has 2 unspecified atom stereocenters. The number of nitrogens with zero attached hydrogens (tertiary/aromatic N) is 1. The number of rotatable bonds is 5. The number of primary amides is 1. The summed E-state index contributed by atoms with van der Waals surface area (Å²) in [4.78, 5) is 25.0. The first-order valence-corrected chi connectivity index (χ1v) is 6.96. The Balaban J connectivity index is 2.00. The fourth-order valence-electron chi connectivity index (χ4n) is 2.74.